The third-order valence-corrected chi connectivity index (χ3v) is 4.66. The van der Waals surface area contributed by atoms with Crippen LogP contribution in [-0.2, 0) is 11.3 Å². The van der Waals surface area contributed by atoms with Crippen LogP contribution in [-0.4, -0.2) is 41.9 Å². The molecule has 0 amide bonds. The number of nitrogens with zero attached hydrogens (tertiary/aromatic N) is 1. The predicted octanol–water partition coefficient (Wildman–Crippen LogP) is 2.11. The summed E-state index contributed by atoms with van der Waals surface area (Å²) in [4.78, 5) is 2.53. The molecular weight excluding hydrogens is 246 g/mol. The molecule has 1 aromatic heterocycles. The van der Waals surface area contributed by atoms with E-state index in [1.54, 1.807) is 11.3 Å². The largest absolute Gasteiger partial charge is 0.393 e. The molecule has 0 radical (unpaired) electrons. The third-order valence-electron chi connectivity index (χ3n) is 3.93. The zero-order valence-electron chi connectivity index (χ0n) is 10.6. The van der Waals surface area contributed by atoms with Crippen molar-refractivity contribution in [3.63, 3.8) is 0 Å². The summed E-state index contributed by atoms with van der Waals surface area (Å²) in [5.74, 6) is 0.290. The van der Waals surface area contributed by atoms with Crippen LogP contribution in [0.1, 0.15) is 24.8 Å². The first-order chi connectivity index (χ1) is 8.83. The lowest BCUT2D eigenvalue weighted by atomic mass is 9.98. The normalized spacial score (nSPS) is 28.8. The fourth-order valence-electron chi connectivity index (χ4n) is 2.66. The molecular formula is C14H21NO2S. The first-order valence-corrected chi connectivity index (χ1v) is 7.78. The molecule has 2 heterocycles. The topological polar surface area (TPSA) is 32.7 Å². The molecule has 2 aliphatic rings. The molecule has 0 bridgehead atoms. The zero-order valence-corrected chi connectivity index (χ0v) is 11.4. The SMILES string of the molecule is OC1CCOCC1CN(Cc1ccsc1)C1CC1. The summed E-state index contributed by atoms with van der Waals surface area (Å²) in [5.41, 5.74) is 1.40. The van der Waals surface area contributed by atoms with Crippen LogP contribution >= 0.6 is 11.3 Å². The van der Waals surface area contributed by atoms with Crippen LogP contribution in [0.3, 0.4) is 0 Å². The molecule has 1 aromatic rings. The second-order valence-corrected chi connectivity index (χ2v) is 6.26. The molecule has 0 aromatic carbocycles. The Morgan fingerprint density at radius 3 is 2.94 bits per heavy atom. The maximum atomic E-state index is 10.0. The van der Waals surface area contributed by atoms with Crippen molar-refractivity contribution < 1.29 is 9.84 Å². The molecule has 1 aliphatic carbocycles. The molecule has 1 saturated carbocycles. The number of thiophene rings is 1. The Kier molecular flexibility index (Phi) is 3.99. The van der Waals surface area contributed by atoms with Gasteiger partial charge < -0.3 is 9.84 Å². The van der Waals surface area contributed by atoms with Gasteiger partial charge in [-0.1, -0.05) is 0 Å². The smallest absolute Gasteiger partial charge is 0.0624 e. The van der Waals surface area contributed by atoms with E-state index >= 15 is 0 Å². The van der Waals surface area contributed by atoms with Crippen molar-refractivity contribution in [2.24, 2.45) is 5.92 Å². The highest BCUT2D eigenvalue weighted by molar-refractivity contribution is 7.07. The minimum Gasteiger partial charge on any atom is -0.393 e. The molecule has 100 valence electrons. The Morgan fingerprint density at radius 1 is 1.39 bits per heavy atom. The van der Waals surface area contributed by atoms with Crippen molar-refractivity contribution >= 4 is 11.3 Å². The maximum absolute atomic E-state index is 10.0. The van der Waals surface area contributed by atoms with E-state index in [4.69, 9.17) is 4.74 Å². The van der Waals surface area contributed by atoms with Crippen molar-refractivity contribution in [3.05, 3.63) is 22.4 Å². The molecule has 1 aliphatic heterocycles. The summed E-state index contributed by atoms with van der Waals surface area (Å²) in [5, 5.41) is 14.4. The average molecular weight is 267 g/mol. The fourth-order valence-corrected chi connectivity index (χ4v) is 3.32. The van der Waals surface area contributed by atoms with E-state index in [2.05, 4.69) is 21.7 Å². The second kappa shape index (κ2) is 5.70. The minimum atomic E-state index is -0.178. The van der Waals surface area contributed by atoms with E-state index in [-0.39, 0.29) is 12.0 Å². The lowest BCUT2D eigenvalue weighted by Gasteiger charge is -2.33. The zero-order chi connectivity index (χ0) is 12.4. The van der Waals surface area contributed by atoms with Crippen molar-refractivity contribution in [1.29, 1.82) is 0 Å². The Balaban J connectivity index is 1.59. The van der Waals surface area contributed by atoms with E-state index in [9.17, 15) is 5.11 Å². The second-order valence-electron chi connectivity index (χ2n) is 5.48. The molecule has 18 heavy (non-hydrogen) atoms. The minimum absolute atomic E-state index is 0.178. The molecule has 3 rings (SSSR count). The van der Waals surface area contributed by atoms with Crippen molar-refractivity contribution in [3.8, 4) is 0 Å². The molecule has 3 nitrogen and oxygen atoms in total. The quantitative estimate of drug-likeness (QED) is 0.887. The van der Waals surface area contributed by atoms with E-state index in [0.29, 0.717) is 13.2 Å². The highest BCUT2D eigenvalue weighted by Gasteiger charge is 2.33. The van der Waals surface area contributed by atoms with Crippen LogP contribution in [0.5, 0.6) is 0 Å². The maximum Gasteiger partial charge on any atom is 0.0624 e. The van der Waals surface area contributed by atoms with E-state index in [1.807, 2.05) is 0 Å². The Bertz CT molecular complexity index is 364. The first kappa shape index (κ1) is 12.6. The van der Waals surface area contributed by atoms with Gasteiger partial charge in [-0.05, 0) is 41.7 Å². The summed E-state index contributed by atoms with van der Waals surface area (Å²) in [6.07, 6.45) is 3.24. The number of hydrogen-bond donors (Lipinski definition) is 1. The van der Waals surface area contributed by atoms with Crippen molar-refractivity contribution in [2.75, 3.05) is 19.8 Å². The van der Waals surface area contributed by atoms with Crippen LogP contribution in [0.4, 0.5) is 0 Å². The average Bonchev–Trinajstić information content (AvgIpc) is 3.10. The van der Waals surface area contributed by atoms with Gasteiger partial charge in [0.15, 0.2) is 0 Å². The first-order valence-electron chi connectivity index (χ1n) is 6.84. The molecule has 1 N–H and O–H groups in total. The Labute approximate surface area is 112 Å². The van der Waals surface area contributed by atoms with Gasteiger partial charge in [0.05, 0.1) is 12.7 Å². The van der Waals surface area contributed by atoms with Gasteiger partial charge in [-0.2, -0.15) is 11.3 Å². The van der Waals surface area contributed by atoms with Crippen molar-refractivity contribution in [1.82, 2.24) is 4.90 Å². The summed E-state index contributed by atoms with van der Waals surface area (Å²) in [6, 6.07) is 2.94. The molecule has 2 unspecified atom stereocenters. The summed E-state index contributed by atoms with van der Waals surface area (Å²) >= 11 is 1.76. The van der Waals surface area contributed by atoms with Crippen LogP contribution in [0.2, 0.25) is 0 Å². The number of aliphatic hydroxyl groups excluding tert-OH is 1. The van der Waals surface area contributed by atoms with Gasteiger partial charge in [0.1, 0.15) is 0 Å². The van der Waals surface area contributed by atoms with Gasteiger partial charge in [0, 0.05) is 31.7 Å². The van der Waals surface area contributed by atoms with Crippen molar-refractivity contribution in [2.45, 2.75) is 38.0 Å². The molecule has 2 fully saturated rings. The van der Waals surface area contributed by atoms with Crippen LogP contribution in [0, 0.1) is 5.92 Å². The van der Waals surface area contributed by atoms with E-state index < -0.39 is 0 Å². The van der Waals surface area contributed by atoms with Gasteiger partial charge in [0.2, 0.25) is 0 Å². The number of hydrogen-bond acceptors (Lipinski definition) is 4. The number of rotatable bonds is 5. The highest BCUT2D eigenvalue weighted by Crippen LogP contribution is 2.30. The van der Waals surface area contributed by atoms with E-state index in [0.717, 1.165) is 25.6 Å². The third kappa shape index (κ3) is 3.12. The lowest BCUT2D eigenvalue weighted by molar-refractivity contribution is -0.0482. The Hall–Kier alpha value is -0.420. The molecule has 2 atom stereocenters. The number of ether oxygens (including phenoxy) is 1. The van der Waals surface area contributed by atoms with Crippen LogP contribution < -0.4 is 0 Å². The molecule has 1 saturated heterocycles. The van der Waals surface area contributed by atoms with Gasteiger partial charge in [-0.3, -0.25) is 4.90 Å². The summed E-state index contributed by atoms with van der Waals surface area (Å²) in [7, 11) is 0. The van der Waals surface area contributed by atoms with Gasteiger partial charge in [-0.15, -0.1) is 0 Å². The highest BCUT2D eigenvalue weighted by atomic mass is 32.1. The number of aliphatic hydroxyl groups is 1. The van der Waals surface area contributed by atoms with Gasteiger partial charge >= 0.3 is 0 Å². The van der Waals surface area contributed by atoms with Gasteiger partial charge in [0.25, 0.3) is 0 Å². The Morgan fingerprint density at radius 2 is 2.28 bits per heavy atom. The monoisotopic (exact) mass is 267 g/mol. The molecule has 4 heteroatoms. The standard InChI is InChI=1S/C14H21NO2S/c16-14-3-5-17-9-12(14)8-15(13-1-2-13)7-11-4-6-18-10-11/h4,6,10,12-14,16H,1-3,5,7-9H2. The summed E-state index contributed by atoms with van der Waals surface area (Å²) < 4.78 is 5.50. The summed E-state index contributed by atoms with van der Waals surface area (Å²) in [6.45, 7) is 3.43. The predicted molar refractivity (Wildman–Crippen MR) is 72.7 cm³/mol. The van der Waals surface area contributed by atoms with Crippen LogP contribution in [0.15, 0.2) is 16.8 Å². The lowest BCUT2D eigenvalue weighted by Crippen LogP contribution is -2.41. The molecule has 0 spiro atoms. The van der Waals surface area contributed by atoms with Gasteiger partial charge in [-0.25, -0.2) is 0 Å². The fraction of sp³-hybridized carbons (Fsp3) is 0.714. The van der Waals surface area contributed by atoms with Crippen LogP contribution in [0.25, 0.3) is 0 Å². The van der Waals surface area contributed by atoms with E-state index in [1.165, 1.54) is 18.4 Å².